The van der Waals surface area contributed by atoms with E-state index >= 15 is 0 Å². The molecule has 0 radical (unpaired) electrons. The second kappa shape index (κ2) is 4.87. The Morgan fingerprint density at radius 1 is 0.947 bits per heavy atom. The molecule has 4 aliphatic carbocycles. The van der Waals surface area contributed by atoms with Crippen molar-refractivity contribution in [3.63, 3.8) is 0 Å². The minimum atomic E-state index is 0.200. The lowest BCUT2D eigenvalue weighted by Crippen LogP contribution is -2.48. The molecule has 1 saturated heterocycles. The fourth-order valence-electron chi connectivity index (χ4n) is 5.87. The molecular formula is C17H27NO. The molecule has 1 N–H and O–H groups in total. The Balaban J connectivity index is 1.41. The molecular weight excluding hydrogens is 234 g/mol. The molecule has 0 aromatic heterocycles. The maximum absolute atomic E-state index is 12.5. The first kappa shape index (κ1) is 12.4. The lowest BCUT2D eigenvalue weighted by atomic mass is 9.51. The van der Waals surface area contributed by atoms with Gasteiger partial charge in [-0.2, -0.15) is 0 Å². The second-order valence-electron chi connectivity index (χ2n) is 7.77. The number of nitrogens with one attached hydrogen (secondary N) is 1. The van der Waals surface area contributed by atoms with E-state index in [1.54, 1.807) is 0 Å². The van der Waals surface area contributed by atoms with E-state index in [4.69, 9.17) is 0 Å². The molecule has 0 spiro atoms. The van der Waals surface area contributed by atoms with E-state index in [-0.39, 0.29) is 6.04 Å². The molecule has 106 valence electrons. The maximum atomic E-state index is 12.5. The topological polar surface area (TPSA) is 29.1 Å². The first-order chi connectivity index (χ1) is 9.29. The smallest absolute Gasteiger partial charge is 0.150 e. The maximum Gasteiger partial charge on any atom is 0.150 e. The summed E-state index contributed by atoms with van der Waals surface area (Å²) in [7, 11) is 0. The summed E-state index contributed by atoms with van der Waals surface area (Å²) in [6.07, 6.45) is 11.8. The van der Waals surface area contributed by atoms with Gasteiger partial charge in [0.1, 0.15) is 5.78 Å². The van der Waals surface area contributed by atoms with Gasteiger partial charge in [0.2, 0.25) is 0 Å². The molecule has 0 aromatic carbocycles. The van der Waals surface area contributed by atoms with Crippen LogP contribution in [0, 0.1) is 29.6 Å². The van der Waals surface area contributed by atoms with Gasteiger partial charge in [0, 0.05) is 6.42 Å². The molecule has 1 heterocycles. The Bertz CT molecular complexity index is 330. The Hall–Kier alpha value is -0.370. The van der Waals surface area contributed by atoms with Crippen molar-refractivity contribution in [2.75, 3.05) is 6.54 Å². The predicted octanol–water partition coefficient (Wildman–Crippen LogP) is 3.16. The number of hydrogen-bond donors (Lipinski definition) is 1. The van der Waals surface area contributed by atoms with Crippen LogP contribution in [0.15, 0.2) is 0 Å². The molecule has 4 bridgehead atoms. The Labute approximate surface area is 116 Å². The SMILES string of the molecule is O=C(CC1C2CC3CC(C2)CC1C3)C1CCCCN1. The molecule has 5 fully saturated rings. The van der Waals surface area contributed by atoms with Gasteiger partial charge in [-0.1, -0.05) is 6.42 Å². The van der Waals surface area contributed by atoms with Gasteiger partial charge < -0.3 is 5.32 Å². The molecule has 19 heavy (non-hydrogen) atoms. The first-order valence-electron chi connectivity index (χ1n) is 8.55. The van der Waals surface area contributed by atoms with Crippen LogP contribution in [0.3, 0.4) is 0 Å². The second-order valence-corrected chi connectivity index (χ2v) is 7.77. The van der Waals surface area contributed by atoms with E-state index < -0.39 is 0 Å². The Morgan fingerprint density at radius 2 is 1.63 bits per heavy atom. The highest BCUT2D eigenvalue weighted by molar-refractivity contribution is 5.84. The van der Waals surface area contributed by atoms with Crippen molar-refractivity contribution < 1.29 is 4.79 Å². The summed E-state index contributed by atoms with van der Waals surface area (Å²) in [6, 6.07) is 0.200. The minimum Gasteiger partial charge on any atom is -0.307 e. The van der Waals surface area contributed by atoms with E-state index in [9.17, 15) is 4.79 Å². The molecule has 5 rings (SSSR count). The van der Waals surface area contributed by atoms with Crippen molar-refractivity contribution in [2.24, 2.45) is 29.6 Å². The summed E-state index contributed by atoms with van der Waals surface area (Å²) < 4.78 is 0. The summed E-state index contributed by atoms with van der Waals surface area (Å²) in [5.74, 6) is 5.16. The number of rotatable bonds is 3. The lowest BCUT2D eigenvalue weighted by molar-refractivity contribution is -0.126. The van der Waals surface area contributed by atoms with Crippen molar-refractivity contribution in [2.45, 2.75) is 63.8 Å². The number of piperidine rings is 1. The molecule has 0 amide bonds. The van der Waals surface area contributed by atoms with Crippen molar-refractivity contribution in [1.82, 2.24) is 5.32 Å². The summed E-state index contributed by atoms with van der Waals surface area (Å²) in [4.78, 5) is 12.5. The molecule has 4 saturated carbocycles. The Morgan fingerprint density at radius 3 is 2.21 bits per heavy atom. The van der Waals surface area contributed by atoms with Crippen LogP contribution in [-0.4, -0.2) is 18.4 Å². The highest BCUT2D eigenvalue weighted by Gasteiger charge is 2.48. The Kier molecular flexibility index (Phi) is 3.17. The molecule has 5 aliphatic rings. The third-order valence-electron chi connectivity index (χ3n) is 6.56. The number of Topliss-reactive ketones (excluding diaryl/α,β-unsaturated/α-hetero) is 1. The van der Waals surface area contributed by atoms with Crippen LogP contribution in [0.25, 0.3) is 0 Å². The quantitative estimate of drug-likeness (QED) is 0.845. The van der Waals surface area contributed by atoms with Gasteiger partial charge in [0.15, 0.2) is 0 Å². The van der Waals surface area contributed by atoms with E-state index in [0.717, 1.165) is 49.0 Å². The highest BCUT2D eigenvalue weighted by Crippen LogP contribution is 2.57. The average Bonchev–Trinajstić information content (AvgIpc) is 2.43. The first-order valence-corrected chi connectivity index (χ1v) is 8.55. The van der Waals surface area contributed by atoms with E-state index in [2.05, 4.69) is 5.32 Å². The third kappa shape index (κ3) is 2.26. The average molecular weight is 261 g/mol. The van der Waals surface area contributed by atoms with Gasteiger partial charge in [-0.25, -0.2) is 0 Å². The summed E-state index contributed by atoms with van der Waals surface area (Å²) in [6.45, 7) is 1.05. The van der Waals surface area contributed by atoms with E-state index in [0.29, 0.717) is 5.78 Å². The molecule has 1 atom stereocenters. The van der Waals surface area contributed by atoms with Crippen molar-refractivity contribution in [1.29, 1.82) is 0 Å². The number of ketones is 1. The fourth-order valence-corrected chi connectivity index (χ4v) is 5.87. The van der Waals surface area contributed by atoms with Crippen LogP contribution < -0.4 is 5.32 Å². The zero-order chi connectivity index (χ0) is 12.8. The summed E-state index contributed by atoms with van der Waals surface area (Å²) in [5, 5.41) is 3.44. The van der Waals surface area contributed by atoms with Crippen LogP contribution in [0.1, 0.15) is 57.8 Å². The van der Waals surface area contributed by atoms with Crippen molar-refractivity contribution in [3.05, 3.63) is 0 Å². The van der Waals surface area contributed by atoms with Gasteiger partial charge in [0.05, 0.1) is 6.04 Å². The lowest BCUT2D eigenvalue weighted by Gasteiger charge is -2.54. The largest absolute Gasteiger partial charge is 0.307 e. The summed E-state index contributed by atoms with van der Waals surface area (Å²) >= 11 is 0. The van der Waals surface area contributed by atoms with Crippen LogP contribution in [-0.2, 0) is 4.79 Å². The highest BCUT2D eigenvalue weighted by atomic mass is 16.1. The molecule has 1 aliphatic heterocycles. The van der Waals surface area contributed by atoms with Crippen LogP contribution in [0.4, 0.5) is 0 Å². The number of hydrogen-bond acceptors (Lipinski definition) is 2. The molecule has 2 nitrogen and oxygen atoms in total. The summed E-state index contributed by atoms with van der Waals surface area (Å²) in [5.41, 5.74) is 0. The van der Waals surface area contributed by atoms with Crippen LogP contribution >= 0.6 is 0 Å². The van der Waals surface area contributed by atoms with Gasteiger partial charge in [0.25, 0.3) is 0 Å². The molecule has 2 heteroatoms. The number of carbonyl (C=O) groups excluding carboxylic acids is 1. The van der Waals surface area contributed by atoms with E-state index in [1.165, 1.54) is 44.9 Å². The van der Waals surface area contributed by atoms with Crippen LogP contribution in [0.5, 0.6) is 0 Å². The number of carbonyl (C=O) groups is 1. The van der Waals surface area contributed by atoms with Gasteiger partial charge in [-0.3, -0.25) is 4.79 Å². The van der Waals surface area contributed by atoms with Gasteiger partial charge in [-0.05, 0) is 81.1 Å². The van der Waals surface area contributed by atoms with Gasteiger partial charge in [-0.15, -0.1) is 0 Å². The van der Waals surface area contributed by atoms with Gasteiger partial charge >= 0.3 is 0 Å². The van der Waals surface area contributed by atoms with Crippen LogP contribution in [0.2, 0.25) is 0 Å². The third-order valence-corrected chi connectivity index (χ3v) is 6.56. The normalized spacial score (nSPS) is 48.4. The fraction of sp³-hybridized carbons (Fsp3) is 0.941. The molecule has 1 unspecified atom stereocenters. The minimum absolute atomic E-state index is 0.200. The van der Waals surface area contributed by atoms with E-state index in [1.807, 2.05) is 0 Å². The predicted molar refractivity (Wildman–Crippen MR) is 75.8 cm³/mol. The van der Waals surface area contributed by atoms with Crippen molar-refractivity contribution in [3.8, 4) is 0 Å². The zero-order valence-corrected chi connectivity index (χ0v) is 11.9. The standard InChI is InChI=1S/C17H27NO/c19-17(16-3-1-2-4-18-16)10-15-13-6-11-5-12(8-13)9-14(15)7-11/h11-16,18H,1-10H2. The van der Waals surface area contributed by atoms with Crippen molar-refractivity contribution >= 4 is 5.78 Å². The monoisotopic (exact) mass is 261 g/mol. The zero-order valence-electron chi connectivity index (χ0n) is 11.9. The molecule has 0 aromatic rings.